The predicted octanol–water partition coefficient (Wildman–Crippen LogP) is -1.00. The molecule has 1 aliphatic heterocycles. The van der Waals surface area contributed by atoms with Gasteiger partial charge in [0, 0.05) is 20.8 Å². The van der Waals surface area contributed by atoms with Gasteiger partial charge in [0.05, 0.1) is 6.20 Å². The molecule has 0 spiro atoms. The van der Waals surface area contributed by atoms with E-state index in [-0.39, 0.29) is 6.61 Å². The molecule has 4 atom stereocenters. The number of ether oxygens (including phenoxy) is 4. The number of nitrogens with zero attached hydrogens (tertiary/aromatic N) is 1. The van der Waals surface area contributed by atoms with E-state index in [1.807, 2.05) is 0 Å². The maximum Gasteiger partial charge on any atom is 0.330 e. The van der Waals surface area contributed by atoms with Crippen LogP contribution in [0.4, 0.5) is 4.39 Å². The summed E-state index contributed by atoms with van der Waals surface area (Å²) in [6.07, 6.45) is -4.61. The summed E-state index contributed by atoms with van der Waals surface area (Å²) in [4.78, 5) is 58.9. The first-order chi connectivity index (χ1) is 12.6. The third kappa shape index (κ3) is 4.78. The van der Waals surface area contributed by atoms with Crippen LogP contribution in [0.25, 0.3) is 0 Å². The van der Waals surface area contributed by atoms with Gasteiger partial charge in [-0.1, -0.05) is 0 Å². The maximum atomic E-state index is 13.6. The SMILES string of the molecule is CC(=O)OCC1OC(n2cc(F)c(=O)[nH]c2=O)C(OC(C)=O)C1OC(C)=O. The molecule has 4 unspecified atom stereocenters. The maximum absolute atomic E-state index is 13.6. The minimum absolute atomic E-state index is 0.387. The number of aromatic nitrogens is 2. The van der Waals surface area contributed by atoms with E-state index < -0.39 is 59.5 Å². The molecule has 148 valence electrons. The Morgan fingerprint density at radius 2 is 1.70 bits per heavy atom. The van der Waals surface area contributed by atoms with Gasteiger partial charge in [-0.15, -0.1) is 0 Å². The van der Waals surface area contributed by atoms with Crippen molar-refractivity contribution in [3.8, 4) is 0 Å². The van der Waals surface area contributed by atoms with Gasteiger partial charge >= 0.3 is 23.6 Å². The summed E-state index contributed by atoms with van der Waals surface area (Å²) < 4.78 is 34.9. The number of aromatic amines is 1. The first-order valence-electron chi connectivity index (χ1n) is 7.74. The summed E-state index contributed by atoms with van der Waals surface area (Å²) in [5, 5.41) is 0. The molecule has 0 amide bonds. The minimum atomic E-state index is -1.45. The Morgan fingerprint density at radius 1 is 1.11 bits per heavy atom. The van der Waals surface area contributed by atoms with Gasteiger partial charge < -0.3 is 18.9 Å². The molecule has 2 rings (SSSR count). The first kappa shape index (κ1) is 20.3. The Hall–Kier alpha value is -3.02. The van der Waals surface area contributed by atoms with E-state index in [2.05, 4.69) is 0 Å². The normalized spacial score (nSPS) is 24.3. The second-order valence-corrected chi connectivity index (χ2v) is 5.66. The zero-order valence-electron chi connectivity index (χ0n) is 14.6. The number of H-pyrrole nitrogens is 1. The van der Waals surface area contributed by atoms with Gasteiger partial charge in [-0.2, -0.15) is 4.39 Å². The molecule has 1 aliphatic rings. The Kier molecular flexibility index (Phi) is 6.10. The topological polar surface area (TPSA) is 143 Å². The highest BCUT2D eigenvalue weighted by Gasteiger charge is 2.51. The lowest BCUT2D eigenvalue weighted by Gasteiger charge is -2.23. The van der Waals surface area contributed by atoms with Crippen LogP contribution in [-0.4, -0.2) is 52.4 Å². The highest BCUT2D eigenvalue weighted by molar-refractivity contribution is 5.67. The lowest BCUT2D eigenvalue weighted by Crippen LogP contribution is -2.42. The fraction of sp³-hybridized carbons (Fsp3) is 0.533. The van der Waals surface area contributed by atoms with Crippen molar-refractivity contribution >= 4 is 17.9 Å². The van der Waals surface area contributed by atoms with Crippen LogP contribution < -0.4 is 11.2 Å². The van der Waals surface area contributed by atoms with Gasteiger partial charge in [-0.25, -0.2) is 4.79 Å². The molecule has 0 bridgehead atoms. The molecule has 27 heavy (non-hydrogen) atoms. The van der Waals surface area contributed by atoms with Crippen molar-refractivity contribution in [2.24, 2.45) is 0 Å². The molecule has 1 fully saturated rings. The number of carbonyl (C=O) groups is 3. The second kappa shape index (κ2) is 8.12. The number of rotatable bonds is 5. The Bertz CT molecular complexity index is 862. The van der Waals surface area contributed by atoms with E-state index >= 15 is 0 Å². The molecule has 0 aromatic carbocycles. The van der Waals surface area contributed by atoms with Gasteiger partial charge in [0.2, 0.25) is 5.82 Å². The summed E-state index contributed by atoms with van der Waals surface area (Å²) in [5.41, 5.74) is -2.29. The van der Waals surface area contributed by atoms with Crippen LogP contribution in [-0.2, 0) is 33.3 Å². The number of nitrogens with one attached hydrogen (secondary N) is 1. The summed E-state index contributed by atoms with van der Waals surface area (Å²) in [7, 11) is 0. The monoisotopic (exact) mass is 388 g/mol. The van der Waals surface area contributed by atoms with Crippen molar-refractivity contribution in [2.75, 3.05) is 6.61 Å². The molecule has 0 saturated carbocycles. The van der Waals surface area contributed by atoms with Crippen LogP contribution >= 0.6 is 0 Å². The molecule has 2 heterocycles. The molecule has 1 N–H and O–H groups in total. The Labute approximate surface area is 151 Å². The third-order valence-electron chi connectivity index (χ3n) is 3.54. The average Bonchev–Trinajstić information content (AvgIpc) is 2.85. The number of halogens is 1. The molecular weight excluding hydrogens is 371 g/mol. The first-order valence-corrected chi connectivity index (χ1v) is 7.74. The lowest BCUT2D eigenvalue weighted by molar-refractivity contribution is -0.166. The second-order valence-electron chi connectivity index (χ2n) is 5.66. The molecular formula is C15H17FN2O9. The fourth-order valence-electron chi connectivity index (χ4n) is 2.57. The predicted molar refractivity (Wildman–Crippen MR) is 82.9 cm³/mol. The molecule has 1 aromatic heterocycles. The zero-order chi connectivity index (χ0) is 20.3. The lowest BCUT2D eigenvalue weighted by atomic mass is 10.1. The number of hydrogen-bond donors (Lipinski definition) is 1. The summed E-state index contributed by atoms with van der Waals surface area (Å²) >= 11 is 0. The summed E-state index contributed by atoms with van der Waals surface area (Å²) in [6, 6.07) is 0. The van der Waals surface area contributed by atoms with Crippen LogP contribution in [0, 0.1) is 5.82 Å². The zero-order valence-corrected chi connectivity index (χ0v) is 14.6. The quantitative estimate of drug-likeness (QED) is 0.496. The van der Waals surface area contributed by atoms with Crippen molar-refractivity contribution in [1.29, 1.82) is 0 Å². The van der Waals surface area contributed by atoms with E-state index in [1.165, 1.54) is 0 Å². The van der Waals surface area contributed by atoms with Crippen LogP contribution in [0.3, 0.4) is 0 Å². The van der Waals surface area contributed by atoms with Crippen molar-refractivity contribution < 1.29 is 37.7 Å². The van der Waals surface area contributed by atoms with E-state index in [4.69, 9.17) is 18.9 Å². The van der Waals surface area contributed by atoms with E-state index in [9.17, 15) is 28.4 Å². The largest absolute Gasteiger partial charge is 0.463 e. The van der Waals surface area contributed by atoms with E-state index in [0.29, 0.717) is 10.8 Å². The molecule has 11 nitrogen and oxygen atoms in total. The van der Waals surface area contributed by atoms with Crippen molar-refractivity contribution in [3.63, 3.8) is 0 Å². The Morgan fingerprint density at radius 3 is 2.26 bits per heavy atom. The third-order valence-corrected chi connectivity index (χ3v) is 3.54. The van der Waals surface area contributed by atoms with Crippen LogP contribution in [0.2, 0.25) is 0 Å². The van der Waals surface area contributed by atoms with Crippen molar-refractivity contribution in [2.45, 2.75) is 45.3 Å². The molecule has 0 radical (unpaired) electrons. The Balaban J connectivity index is 2.47. The fourth-order valence-corrected chi connectivity index (χ4v) is 2.57. The van der Waals surface area contributed by atoms with Crippen LogP contribution in [0.5, 0.6) is 0 Å². The molecule has 1 saturated heterocycles. The molecule has 12 heteroatoms. The minimum Gasteiger partial charge on any atom is -0.463 e. The molecule has 1 aromatic rings. The summed E-state index contributed by atoms with van der Waals surface area (Å²) in [6.45, 7) is 2.91. The number of carbonyl (C=O) groups excluding carboxylic acids is 3. The van der Waals surface area contributed by atoms with Crippen molar-refractivity contribution in [1.82, 2.24) is 9.55 Å². The van der Waals surface area contributed by atoms with Gasteiger partial charge in [0.15, 0.2) is 18.4 Å². The van der Waals surface area contributed by atoms with E-state index in [1.54, 1.807) is 4.98 Å². The summed E-state index contributed by atoms with van der Waals surface area (Å²) in [5.74, 6) is -3.49. The van der Waals surface area contributed by atoms with Gasteiger partial charge in [-0.05, 0) is 0 Å². The van der Waals surface area contributed by atoms with Gasteiger partial charge in [0.1, 0.15) is 12.7 Å². The van der Waals surface area contributed by atoms with Crippen LogP contribution in [0.1, 0.15) is 27.0 Å². The van der Waals surface area contributed by atoms with Gasteiger partial charge in [0.25, 0.3) is 5.56 Å². The highest BCUT2D eigenvalue weighted by atomic mass is 19.1. The van der Waals surface area contributed by atoms with Crippen molar-refractivity contribution in [3.05, 3.63) is 32.9 Å². The standard InChI is InChI=1S/C15H17FN2O9/c1-6(19)24-5-10-11(25-7(2)20)12(26-8(3)21)14(27-10)18-4-9(16)13(22)17-15(18)23/h4,10-12,14H,5H2,1-3H3,(H,17,22,23). The molecule has 0 aliphatic carbocycles. The average molecular weight is 388 g/mol. The van der Waals surface area contributed by atoms with Crippen LogP contribution in [0.15, 0.2) is 15.8 Å². The number of esters is 3. The highest BCUT2D eigenvalue weighted by Crippen LogP contribution is 2.33. The smallest absolute Gasteiger partial charge is 0.330 e. The van der Waals surface area contributed by atoms with Gasteiger partial charge in [-0.3, -0.25) is 28.7 Å². The number of hydrogen-bond acceptors (Lipinski definition) is 9. The van der Waals surface area contributed by atoms with E-state index in [0.717, 1.165) is 20.8 Å².